The zero-order chi connectivity index (χ0) is 18.0. The van der Waals surface area contributed by atoms with E-state index in [9.17, 15) is 19.7 Å². The highest BCUT2D eigenvalue weighted by Crippen LogP contribution is 2.18. The molecule has 0 unspecified atom stereocenters. The molecular weight excluding hydrogens is 324 g/mol. The average Bonchev–Trinajstić information content (AvgIpc) is 3.01. The summed E-state index contributed by atoms with van der Waals surface area (Å²) < 4.78 is 6.29. The van der Waals surface area contributed by atoms with E-state index in [-0.39, 0.29) is 17.2 Å². The van der Waals surface area contributed by atoms with Crippen LogP contribution in [0.15, 0.2) is 54.7 Å². The first-order valence-corrected chi connectivity index (χ1v) is 7.45. The molecule has 7 heteroatoms. The maximum atomic E-state index is 12.2. The summed E-state index contributed by atoms with van der Waals surface area (Å²) in [6, 6.07) is 14.0. The molecule has 126 valence electrons. The first-order chi connectivity index (χ1) is 12.0. The van der Waals surface area contributed by atoms with Gasteiger partial charge in [-0.15, -0.1) is 0 Å². The monoisotopic (exact) mass is 338 g/mol. The lowest BCUT2D eigenvalue weighted by atomic mass is 10.0. The Morgan fingerprint density at radius 3 is 2.52 bits per heavy atom. The number of Topliss-reactive ketones (excluding diaryl/α,β-unsaturated/α-hetero) is 1. The highest BCUT2D eigenvalue weighted by molar-refractivity contribution is 6.02. The van der Waals surface area contributed by atoms with Crippen LogP contribution in [0, 0.1) is 10.1 Å². The number of nitrogens with zero attached hydrogens (tertiary/aromatic N) is 2. The molecule has 0 radical (unpaired) electrons. The van der Waals surface area contributed by atoms with Gasteiger partial charge in [-0.3, -0.25) is 14.9 Å². The van der Waals surface area contributed by atoms with Gasteiger partial charge in [0.25, 0.3) is 5.69 Å². The predicted molar refractivity (Wildman–Crippen MR) is 90.6 cm³/mol. The van der Waals surface area contributed by atoms with E-state index in [0.717, 1.165) is 16.8 Å². The van der Waals surface area contributed by atoms with Crippen molar-refractivity contribution in [2.45, 2.75) is 0 Å². The van der Waals surface area contributed by atoms with Gasteiger partial charge in [-0.05, 0) is 16.8 Å². The molecular formula is C18H14N2O5. The number of ether oxygens (including phenoxy) is 1. The Balaban J connectivity index is 1.70. The summed E-state index contributed by atoms with van der Waals surface area (Å²) in [6.07, 6.45) is 1.21. The number of hydrogen-bond donors (Lipinski definition) is 0. The Morgan fingerprint density at radius 1 is 1.12 bits per heavy atom. The molecule has 7 nitrogen and oxygen atoms in total. The van der Waals surface area contributed by atoms with E-state index in [4.69, 9.17) is 4.74 Å². The number of benzene rings is 2. The summed E-state index contributed by atoms with van der Waals surface area (Å²) in [5.74, 6) is -1.13. The van der Waals surface area contributed by atoms with Crippen LogP contribution in [-0.2, 0) is 11.8 Å². The number of fused-ring (bicyclic) bond motifs is 1. The van der Waals surface area contributed by atoms with Gasteiger partial charge in [0, 0.05) is 18.7 Å². The van der Waals surface area contributed by atoms with Gasteiger partial charge < -0.3 is 9.30 Å². The van der Waals surface area contributed by atoms with Crippen LogP contribution in [0.25, 0.3) is 10.8 Å². The molecule has 0 aliphatic rings. The second-order valence-electron chi connectivity index (χ2n) is 5.51. The maximum absolute atomic E-state index is 12.2. The van der Waals surface area contributed by atoms with Crippen LogP contribution in [0.4, 0.5) is 5.69 Å². The van der Waals surface area contributed by atoms with Crippen LogP contribution < -0.4 is 0 Å². The number of rotatable bonds is 5. The van der Waals surface area contributed by atoms with E-state index in [2.05, 4.69) is 0 Å². The van der Waals surface area contributed by atoms with Crippen molar-refractivity contribution < 1.29 is 19.2 Å². The maximum Gasteiger partial charge on any atom is 0.355 e. The molecule has 0 aliphatic heterocycles. The van der Waals surface area contributed by atoms with Gasteiger partial charge in [0.15, 0.2) is 12.4 Å². The van der Waals surface area contributed by atoms with Crippen LogP contribution >= 0.6 is 0 Å². The summed E-state index contributed by atoms with van der Waals surface area (Å²) in [5, 5.41) is 12.7. The SMILES string of the molecule is Cn1cc([N+](=O)[O-])cc1C(=O)OCC(=O)c1ccc2ccccc2c1. The van der Waals surface area contributed by atoms with Crippen molar-refractivity contribution in [3.05, 3.63) is 76.1 Å². The van der Waals surface area contributed by atoms with Gasteiger partial charge in [-0.25, -0.2) is 4.79 Å². The Bertz CT molecular complexity index is 990. The lowest BCUT2D eigenvalue weighted by Crippen LogP contribution is -2.16. The Labute approximate surface area is 142 Å². The minimum absolute atomic E-state index is 0.0120. The van der Waals surface area contributed by atoms with Gasteiger partial charge >= 0.3 is 5.97 Å². The number of carbonyl (C=O) groups excluding carboxylic acids is 2. The van der Waals surface area contributed by atoms with Crippen LogP contribution in [0.2, 0.25) is 0 Å². The fourth-order valence-corrected chi connectivity index (χ4v) is 2.50. The van der Waals surface area contributed by atoms with Gasteiger partial charge in [-0.1, -0.05) is 36.4 Å². The Morgan fingerprint density at radius 2 is 1.84 bits per heavy atom. The third kappa shape index (κ3) is 3.40. The molecule has 1 heterocycles. The van der Waals surface area contributed by atoms with Crippen LogP contribution in [-0.4, -0.2) is 27.8 Å². The molecule has 0 saturated heterocycles. The second-order valence-corrected chi connectivity index (χ2v) is 5.51. The molecule has 0 spiro atoms. The van der Waals surface area contributed by atoms with Crippen molar-refractivity contribution in [3.63, 3.8) is 0 Å². The number of aromatic nitrogens is 1. The van der Waals surface area contributed by atoms with Crippen molar-refractivity contribution in [2.24, 2.45) is 7.05 Å². The third-order valence-electron chi connectivity index (χ3n) is 3.82. The summed E-state index contributed by atoms with van der Waals surface area (Å²) in [6.45, 7) is -0.434. The summed E-state index contributed by atoms with van der Waals surface area (Å²) >= 11 is 0. The van der Waals surface area contributed by atoms with Crippen molar-refractivity contribution in [1.82, 2.24) is 4.57 Å². The predicted octanol–water partition coefficient (Wildman–Crippen LogP) is 3.13. The largest absolute Gasteiger partial charge is 0.453 e. The summed E-state index contributed by atoms with van der Waals surface area (Å²) in [5.41, 5.74) is 0.234. The molecule has 3 rings (SSSR count). The molecule has 0 atom stereocenters. The van der Waals surface area contributed by atoms with E-state index in [1.54, 1.807) is 12.1 Å². The molecule has 1 aromatic heterocycles. The van der Waals surface area contributed by atoms with Crippen molar-refractivity contribution in [3.8, 4) is 0 Å². The fourth-order valence-electron chi connectivity index (χ4n) is 2.50. The normalized spacial score (nSPS) is 10.6. The highest BCUT2D eigenvalue weighted by atomic mass is 16.6. The number of nitro groups is 1. The van der Waals surface area contributed by atoms with E-state index < -0.39 is 17.5 Å². The average molecular weight is 338 g/mol. The van der Waals surface area contributed by atoms with Gasteiger partial charge in [0.2, 0.25) is 0 Å². The second kappa shape index (κ2) is 6.56. The lowest BCUT2D eigenvalue weighted by molar-refractivity contribution is -0.384. The minimum atomic E-state index is -0.787. The molecule has 0 N–H and O–H groups in total. The summed E-state index contributed by atoms with van der Waals surface area (Å²) in [4.78, 5) is 34.4. The lowest BCUT2D eigenvalue weighted by Gasteiger charge is -2.06. The number of esters is 1. The molecule has 25 heavy (non-hydrogen) atoms. The van der Waals surface area contributed by atoms with Gasteiger partial charge in [0.1, 0.15) is 5.69 Å². The zero-order valence-corrected chi connectivity index (χ0v) is 13.3. The standard InChI is InChI=1S/C18H14N2O5/c1-19-10-15(20(23)24)9-16(19)18(22)25-11-17(21)14-7-6-12-4-2-3-5-13(12)8-14/h2-10H,11H2,1H3. The van der Waals surface area contributed by atoms with Gasteiger partial charge in [0.05, 0.1) is 11.1 Å². The van der Waals surface area contributed by atoms with E-state index in [1.165, 1.54) is 17.8 Å². The quantitative estimate of drug-likeness (QED) is 0.308. The van der Waals surface area contributed by atoms with Crippen molar-refractivity contribution in [2.75, 3.05) is 6.61 Å². The zero-order valence-electron chi connectivity index (χ0n) is 13.3. The Hall–Kier alpha value is -3.48. The molecule has 0 fully saturated rings. The topological polar surface area (TPSA) is 91.4 Å². The van der Waals surface area contributed by atoms with Crippen LogP contribution in [0.1, 0.15) is 20.8 Å². The smallest absolute Gasteiger partial charge is 0.355 e. The molecule has 0 aliphatic carbocycles. The van der Waals surface area contributed by atoms with Crippen molar-refractivity contribution >= 4 is 28.2 Å². The van der Waals surface area contributed by atoms with E-state index in [1.807, 2.05) is 30.3 Å². The van der Waals surface area contributed by atoms with Gasteiger partial charge in [-0.2, -0.15) is 0 Å². The van der Waals surface area contributed by atoms with Crippen molar-refractivity contribution in [1.29, 1.82) is 0 Å². The minimum Gasteiger partial charge on any atom is -0.453 e. The van der Waals surface area contributed by atoms with Crippen LogP contribution in [0.5, 0.6) is 0 Å². The highest BCUT2D eigenvalue weighted by Gasteiger charge is 2.20. The number of ketones is 1. The molecule has 2 aromatic carbocycles. The molecule has 0 amide bonds. The number of hydrogen-bond acceptors (Lipinski definition) is 5. The first kappa shape index (κ1) is 16.4. The molecule has 3 aromatic rings. The van der Waals surface area contributed by atoms with E-state index >= 15 is 0 Å². The third-order valence-corrected chi connectivity index (χ3v) is 3.82. The molecule has 0 saturated carbocycles. The number of carbonyl (C=O) groups is 2. The number of aryl methyl sites for hydroxylation is 1. The Kier molecular flexibility index (Phi) is 4.30. The summed E-state index contributed by atoms with van der Waals surface area (Å²) in [7, 11) is 1.49. The molecule has 0 bridgehead atoms. The van der Waals surface area contributed by atoms with E-state index in [0.29, 0.717) is 5.56 Å². The first-order valence-electron chi connectivity index (χ1n) is 7.45. The van der Waals surface area contributed by atoms with Crippen LogP contribution in [0.3, 0.4) is 0 Å². The fraction of sp³-hybridized carbons (Fsp3) is 0.111.